The predicted octanol–water partition coefficient (Wildman–Crippen LogP) is 2.47. The summed E-state index contributed by atoms with van der Waals surface area (Å²) >= 11 is 0. The van der Waals surface area contributed by atoms with Crippen molar-refractivity contribution in [2.75, 3.05) is 19.6 Å². The first-order valence-electron chi connectivity index (χ1n) is 6.18. The third-order valence-electron chi connectivity index (χ3n) is 3.79. The number of hydrogen-bond acceptors (Lipinski definition) is 2. The molecule has 0 N–H and O–H groups in total. The molecule has 0 aromatic heterocycles. The summed E-state index contributed by atoms with van der Waals surface area (Å²) in [6, 6.07) is 0.735. The van der Waals surface area contributed by atoms with Crippen LogP contribution >= 0.6 is 0 Å². The van der Waals surface area contributed by atoms with E-state index in [2.05, 4.69) is 37.1 Å². The van der Waals surface area contributed by atoms with Gasteiger partial charge in [0.15, 0.2) is 0 Å². The Morgan fingerprint density at radius 2 is 2.00 bits per heavy atom. The Labute approximate surface area is 93.9 Å². The van der Waals surface area contributed by atoms with Crippen LogP contribution in [0, 0.1) is 0 Å². The topological polar surface area (TPSA) is 6.48 Å². The fraction of sp³-hybridized carbons (Fsp3) is 0.846. The van der Waals surface area contributed by atoms with E-state index in [0.717, 1.165) is 12.6 Å². The van der Waals surface area contributed by atoms with E-state index in [4.69, 9.17) is 0 Å². The second kappa shape index (κ2) is 3.82. The Balaban J connectivity index is 2.08. The lowest BCUT2D eigenvalue weighted by atomic mass is 9.95. The lowest BCUT2D eigenvalue weighted by Gasteiger charge is -2.50. The Hall–Kier alpha value is -0.500. The summed E-state index contributed by atoms with van der Waals surface area (Å²) in [6.07, 6.45) is 4.10. The van der Waals surface area contributed by atoms with Gasteiger partial charge in [-0.25, -0.2) is 0 Å². The van der Waals surface area contributed by atoms with E-state index in [9.17, 15) is 0 Å². The molecule has 15 heavy (non-hydrogen) atoms. The molecule has 86 valence electrons. The zero-order chi connectivity index (χ0) is 11.1. The maximum absolute atomic E-state index is 4.25. The average molecular weight is 208 g/mol. The fourth-order valence-electron chi connectivity index (χ4n) is 2.75. The largest absolute Gasteiger partial charge is 0.370 e. The molecule has 1 unspecified atom stereocenters. The van der Waals surface area contributed by atoms with Crippen LogP contribution in [0.2, 0.25) is 0 Å². The maximum atomic E-state index is 4.25. The minimum atomic E-state index is 0.284. The van der Waals surface area contributed by atoms with E-state index in [-0.39, 0.29) is 5.54 Å². The standard InChI is InChI=1S/C13H24N2/c1-11-9-14(13(2,3)4)10-12-7-5-6-8-15(11)12/h12H,1,5-10H2,2-4H3. The average Bonchev–Trinajstić information content (AvgIpc) is 2.16. The van der Waals surface area contributed by atoms with Crippen molar-refractivity contribution in [1.82, 2.24) is 9.80 Å². The maximum Gasteiger partial charge on any atom is 0.0414 e. The minimum Gasteiger partial charge on any atom is -0.370 e. The molecule has 0 saturated carbocycles. The van der Waals surface area contributed by atoms with Crippen molar-refractivity contribution in [2.45, 2.75) is 51.6 Å². The molecule has 0 aliphatic carbocycles. The Morgan fingerprint density at radius 1 is 1.27 bits per heavy atom. The van der Waals surface area contributed by atoms with Gasteiger partial charge in [-0.2, -0.15) is 0 Å². The quantitative estimate of drug-likeness (QED) is 0.603. The van der Waals surface area contributed by atoms with E-state index in [1.807, 2.05) is 0 Å². The lowest BCUT2D eigenvalue weighted by Crippen LogP contribution is -2.57. The van der Waals surface area contributed by atoms with E-state index < -0.39 is 0 Å². The molecule has 2 saturated heterocycles. The van der Waals surface area contributed by atoms with Gasteiger partial charge in [-0.1, -0.05) is 6.58 Å². The molecule has 0 aromatic rings. The number of hydrogen-bond donors (Lipinski definition) is 0. The monoisotopic (exact) mass is 208 g/mol. The second-order valence-electron chi connectivity index (χ2n) is 5.96. The van der Waals surface area contributed by atoms with Crippen molar-refractivity contribution >= 4 is 0 Å². The SMILES string of the molecule is C=C1CN(C(C)(C)C)CC2CCCCN12. The van der Waals surface area contributed by atoms with Gasteiger partial charge in [-0.15, -0.1) is 0 Å². The van der Waals surface area contributed by atoms with Crippen molar-refractivity contribution in [1.29, 1.82) is 0 Å². The molecular formula is C13H24N2. The zero-order valence-corrected chi connectivity index (χ0v) is 10.4. The normalized spacial score (nSPS) is 29.1. The molecule has 2 aliphatic heterocycles. The van der Waals surface area contributed by atoms with Crippen LogP contribution < -0.4 is 0 Å². The van der Waals surface area contributed by atoms with Crippen molar-refractivity contribution < 1.29 is 0 Å². The summed E-state index contributed by atoms with van der Waals surface area (Å²) in [5.74, 6) is 0. The molecule has 2 fully saturated rings. The first-order valence-corrected chi connectivity index (χ1v) is 6.18. The van der Waals surface area contributed by atoms with Crippen LogP contribution in [0.3, 0.4) is 0 Å². The van der Waals surface area contributed by atoms with E-state index in [1.165, 1.54) is 38.0 Å². The molecule has 2 heterocycles. The van der Waals surface area contributed by atoms with Crippen molar-refractivity contribution in [3.8, 4) is 0 Å². The van der Waals surface area contributed by atoms with Crippen LogP contribution in [-0.2, 0) is 0 Å². The van der Waals surface area contributed by atoms with E-state index in [0.29, 0.717) is 0 Å². The summed E-state index contributed by atoms with van der Waals surface area (Å²) in [5, 5.41) is 0. The highest BCUT2D eigenvalue weighted by molar-refractivity contribution is 5.07. The molecule has 0 radical (unpaired) electrons. The molecule has 0 spiro atoms. The molecule has 2 rings (SSSR count). The molecule has 0 amide bonds. The van der Waals surface area contributed by atoms with Gasteiger partial charge in [-0.05, 0) is 40.0 Å². The van der Waals surface area contributed by atoms with Crippen LogP contribution in [0.1, 0.15) is 40.0 Å². The summed E-state index contributed by atoms with van der Waals surface area (Å²) in [6.45, 7) is 14.7. The van der Waals surface area contributed by atoms with Gasteiger partial charge in [0.1, 0.15) is 0 Å². The molecule has 2 heteroatoms. The number of piperazine rings is 1. The minimum absolute atomic E-state index is 0.284. The highest BCUT2D eigenvalue weighted by Crippen LogP contribution is 2.29. The summed E-state index contributed by atoms with van der Waals surface area (Å²) < 4.78 is 0. The van der Waals surface area contributed by atoms with E-state index in [1.54, 1.807) is 0 Å². The van der Waals surface area contributed by atoms with Crippen LogP contribution in [-0.4, -0.2) is 41.0 Å². The second-order valence-corrected chi connectivity index (χ2v) is 5.96. The van der Waals surface area contributed by atoms with Crippen LogP contribution in [0.4, 0.5) is 0 Å². The van der Waals surface area contributed by atoms with Gasteiger partial charge in [0.25, 0.3) is 0 Å². The molecule has 2 aliphatic rings. The Kier molecular flexibility index (Phi) is 2.80. The highest BCUT2D eigenvalue weighted by atomic mass is 15.3. The van der Waals surface area contributed by atoms with Gasteiger partial charge in [0, 0.05) is 36.9 Å². The smallest absolute Gasteiger partial charge is 0.0414 e. The summed E-state index contributed by atoms with van der Waals surface area (Å²) in [5.41, 5.74) is 1.62. The van der Waals surface area contributed by atoms with Gasteiger partial charge in [-0.3, -0.25) is 4.90 Å². The van der Waals surface area contributed by atoms with Crippen molar-refractivity contribution in [3.63, 3.8) is 0 Å². The first-order chi connectivity index (χ1) is 6.98. The Bertz CT molecular complexity index is 252. The third kappa shape index (κ3) is 2.20. The van der Waals surface area contributed by atoms with E-state index >= 15 is 0 Å². The van der Waals surface area contributed by atoms with Gasteiger partial charge in [0.05, 0.1) is 0 Å². The zero-order valence-electron chi connectivity index (χ0n) is 10.4. The molecule has 0 bridgehead atoms. The lowest BCUT2D eigenvalue weighted by molar-refractivity contribution is 0.0368. The van der Waals surface area contributed by atoms with Crippen LogP contribution in [0.15, 0.2) is 12.3 Å². The summed E-state index contributed by atoms with van der Waals surface area (Å²) in [4.78, 5) is 5.12. The van der Waals surface area contributed by atoms with Crippen molar-refractivity contribution in [3.05, 3.63) is 12.3 Å². The van der Waals surface area contributed by atoms with Crippen molar-refractivity contribution in [2.24, 2.45) is 0 Å². The molecule has 1 atom stereocenters. The first kappa shape index (κ1) is 11.0. The Morgan fingerprint density at radius 3 is 2.67 bits per heavy atom. The molecular weight excluding hydrogens is 184 g/mol. The van der Waals surface area contributed by atoms with Gasteiger partial charge < -0.3 is 4.90 Å². The third-order valence-corrected chi connectivity index (χ3v) is 3.79. The number of nitrogens with zero attached hydrogens (tertiary/aromatic N) is 2. The van der Waals surface area contributed by atoms with Crippen LogP contribution in [0.5, 0.6) is 0 Å². The highest BCUT2D eigenvalue weighted by Gasteiger charge is 2.34. The predicted molar refractivity (Wildman–Crippen MR) is 64.8 cm³/mol. The number of rotatable bonds is 0. The molecule has 0 aromatic carbocycles. The van der Waals surface area contributed by atoms with Gasteiger partial charge >= 0.3 is 0 Å². The summed E-state index contributed by atoms with van der Waals surface area (Å²) in [7, 11) is 0. The fourth-order valence-corrected chi connectivity index (χ4v) is 2.75. The van der Waals surface area contributed by atoms with Gasteiger partial charge in [0.2, 0.25) is 0 Å². The number of piperidine rings is 1. The molecule has 2 nitrogen and oxygen atoms in total. The van der Waals surface area contributed by atoms with Crippen LogP contribution in [0.25, 0.3) is 0 Å². The number of fused-ring (bicyclic) bond motifs is 1.